The molecule has 1 aromatic heterocycles. The number of thiazole rings is 1. The molecule has 0 unspecified atom stereocenters. The van der Waals surface area contributed by atoms with E-state index in [1.807, 2.05) is 0 Å². The highest BCUT2D eigenvalue weighted by Gasteiger charge is 2.19. The number of nitrogens with zero attached hydrogens (tertiary/aromatic N) is 1. The van der Waals surface area contributed by atoms with Crippen LogP contribution in [0.2, 0.25) is 0 Å². The Morgan fingerprint density at radius 2 is 1.72 bits per heavy atom. The molecule has 0 bridgehead atoms. The lowest BCUT2D eigenvalue weighted by Crippen LogP contribution is -2.15. The third-order valence-corrected chi connectivity index (χ3v) is 6.34. The number of carbonyl (C=O) groups is 2. The highest BCUT2D eigenvalue weighted by molar-refractivity contribution is 7.93. The summed E-state index contributed by atoms with van der Waals surface area (Å²) in [6.45, 7) is 1.37. The molecule has 1 heterocycles. The van der Waals surface area contributed by atoms with Gasteiger partial charge in [-0.3, -0.25) is 14.3 Å². The molecular weight excluding hydrogens is 456 g/mol. The first kappa shape index (κ1) is 23.0. The monoisotopic (exact) mass is 476 g/mol. The van der Waals surface area contributed by atoms with Gasteiger partial charge in [0.2, 0.25) is 5.91 Å². The van der Waals surface area contributed by atoms with E-state index >= 15 is 0 Å². The molecule has 0 aliphatic rings. The molecule has 0 fully saturated rings. The summed E-state index contributed by atoms with van der Waals surface area (Å²) in [4.78, 5) is 28.0. The lowest BCUT2D eigenvalue weighted by molar-refractivity contribution is -0.114. The summed E-state index contributed by atoms with van der Waals surface area (Å²) in [5, 5.41) is 6.72. The van der Waals surface area contributed by atoms with Crippen molar-refractivity contribution >= 4 is 49.7 Å². The summed E-state index contributed by atoms with van der Waals surface area (Å²) < 4.78 is 37.7. The second-order valence-corrected chi connectivity index (χ2v) is 8.91. The molecule has 0 atom stereocenters. The number of carbonyl (C=O) groups excluding carboxylic acids is 2. The zero-order valence-corrected chi connectivity index (χ0v) is 19.0. The lowest BCUT2D eigenvalue weighted by Gasteiger charge is -2.11. The number of hydrogen-bond acceptors (Lipinski definition) is 8. The fourth-order valence-corrected chi connectivity index (χ4v) is 4.57. The number of anilines is 3. The number of rotatable bonds is 8. The topological polar surface area (TPSA) is 136 Å². The third kappa shape index (κ3) is 5.53. The average Bonchev–Trinajstić information content (AvgIpc) is 3.21. The summed E-state index contributed by atoms with van der Waals surface area (Å²) >= 11 is 0.964. The molecule has 168 valence electrons. The van der Waals surface area contributed by atoms with Crippen molar-refractivity contribution in [3.8, 4) is 11.5 Å². The molecule has 3 N–H and O–H groups in total. The van der Waals surface area contributed by atoms with Crippen LogP contribution in [0.25, 0.3) is 0 Å². The van der Waals surface area contributed by atoms with Gasteiger partial charge in [-0.15, -0.1) is 11.3 Å². The van der Waals surface area contributed by atoms with E-state index in [1.54, 1.807) is 12.1 Å². The Balaban J connectivity index is 1.75. The molecule has 2 amide bonds. The highest BCUT2D eigenvalue weighted by atomic mass is 32.2. The molecule has 3 aromatic rings. The smallest absolute Gasteiger partial charge is 0.275 e. The normalized spacial score (nSPS) is 10.8. The largest absolute Gasteiger partial charge is 0.497 e. The summed E-state index contributed by atoms with van der Waals surface area (Å²) in [5.74, 6) is 0.0634. The minimum atomic E-state index is -3.89. The number of sulfonamides is 1. The van der Waals surface area contributed by atoms with E-state index in [9.17, 15) is 18.0 Å². The number of methoxy groups -OCH3 is 2. The molecule has 32 heavy (non-hydrogen) atoms. The Morgan fingerprint density at radius 3 is 2.34 bits per heavy atom. The third-order valence-electron chi connectivity index (χ3n) is 4.10. The van der Waals surface area contributed by atoms with Gasteiger partial charge in [-0.25, -0.2) is 13.4 Å². The van der Waals surface area contributed by atoms with Gasteiger partial charge in [0, 0.05) is 18.0 Å². The molecule has 0 radical (unpaired) electrons. The zero-order chi connectivity index (χ0) is 23.3. The Kier molecular flexibility index (Phi) is 6.95. The molecule has 0 saturated carbocycles. The van der Waals surface area contributed by atoms with Crippen molar-refractivity contribution < 1.29 is 27.5 Å². The summed E-state index contributed by atoms with van der Waals surface area (Å²) in [5.41, 5.74) is 0.798. The van der Waals surface area contributed by atoms with E-state index < -0.39 is 15.9 Å². The predicted octanol–water partition coefficient (Wildman–Crippen LogP) is 3.17. The molecule has 0 aliphatic carbocycles. The van der Waals surface area contributed by atoms with Gasteiger partial charge in [0.1, 0.15) is 17.2 Å². The van der Waals surface area contributed by atoms with Crippen LogP contribution in [-0.4, -0.2) is 39.4 Å². The van der Waals surface area contributed by atoms with Crippen LogP contribution in [0.15, 0.2) is 52.7 Å². The maximum atomic E-state index is 12.6. The van der Waals surface area contributed by atoms with Gasteiger partial charge in [0.25, 0.3) is 15.9 Å². The lowest BCUT2D eigenvalue weighted by atomic mass is 10.2. The van der Waals surface area contributed by atoms with Crippen molar-refractivity contribution in [3.05, 3.63) is 53.5 Å². The number of ether oxygens (including phenoxy) is 2. The minimum absolute atomic E-state index is 0.00872. The Hall–Kier alpha value is -3.64. The average molecular weight is 477 g/mol. The number of benzene rings is 2. The van der Waals surface area contributed by atoms with E-state index in [-0.39, 0.29) is 21.6 Å². The van der Waals surface area contributed by atoms with Gasteiger partial charge in [-0.1, -0.05) is 0 Å². The molecule has 0 aliphatic heterocycles. The number of amides is 2. The van der Waals surface area contributed by atoms with Crippen molar-refractivity contribution in [2.45, 2.75) is 11.8 Å². The number of nitrogens with one attached hydrogen (secondary N) is 3. The van der Waals surface area contributed by atoms with E-state index in [4.69, 9.17) is 9.47 Å². The standard InChI is InChI=1S/C20H20N4O6S2/c1-12(25)21-13-4-9-18(30-3)16(10-13)22-19(26)17-11-31-20(23-17)24-32(27,28)15-7-5-14(29-2)6-8-15/h4-11H,1-3H3,(H,21,25)(H,22,26)(H,23,24). The summed E-state index contributed by atoms with van der Waals surface area (Å²) in [6.07, 6.45) is 0. The fraction of sp³-hybridized carbons (Fsp3) is 0.150. The molecule has 10 nitrogen and oxygen atoms in total. The van der Waals surface area contributed by atoms with Crippen LogP contribution >= 0.6 is 11.3 Å². The van der Waals surface area contributed by atoms with Crippen molar-refractivity contribution in [3.63, 3.8) is 0 Å². The van der Waals surface area contributed by atoms with Gasteiger partial charge in [0.15, 0.2) is 5.13 Å². The number of hydrogen-bond donors (Lipinski definition) is 3. The molecule has 2 aromatic carbocycles. The van der Waals surface area contributed by atoms with Crippen LogP contribution in [0.1, 0.15) is 17.4 Å². The van der Waals surface area contributed by atoms with E-state index in [1.165, 1.54) is 56.9 Å². The SMILES string of the molecule is COc1ccc(S(=O)(=O)Nc2nc(C(=O)Nc3cc(NC(C)=O)ccc3OC)cs2)cc1. The molecule has 0 spiro atoms. The van der Waals surface area contributed by atoms with Crippen LogP contribution in [0.3, 0.4) is 0 Å². The van der Waals surface area contributed by atoms with Crippen molar-refractivity contribution in [2.75, 3.05) is 29.6 Å². The van der Waals surface area contributed by atoms with Gasteiger partial charge >= 0.3 is 0 Å². The van der Waals surface area contributed by atoms with Crippen molar-refractivity contribution in [1.29, 1.82) is 0 Å². The zero-order valence-electron chi connectivity index (χ0n) is 17.3. The van der Waals surface area contributed by atoms with E-state index in [2.05, 4.69) is 20.3 Å². The first-order valence-corrected chi connectivity index (χ1v) is 11.5. The second-order valence-electron chi connectivity index (χ2n) is 6.37. The van der Waals surface area contributed by atoms with Gasteiger partial charge in [-0.05, 0) is 42.5 Å². The first-order chi connectivity index (χ1) is 15.2. The van der Waals surface area contributed by atoms with Crippen LogP contribution in [0.5, 0.6) is 11.5 Å². The maximum absolute atomic E-state index is 12.6. The summed E-state index contributed by atoms with van der Waals surface area (Å²) in [6, 6.07) is 10.6. The van der Waals surface area contributed by atoms with Gasteiger partial charge < -0.3 is 20.1 Å². The van der Waals surface area contributed by atoms with Crippen LogP contribution in [0.4, 0.5) is 16.5 Å². The van der Waals surface area contributed by atoms with Crippen LogP contribution < -0.4 is 24.8 Å². The van der Waals surface area contributed by atoms with Crippen molar-refractivity contribution in [2.24, 2.45) is 0 Å². The maximum Gasteiger partial charge on any atom is 0.275 e. The van der Waals surface area contributed by atoms with Crippen LogP contribution in [0, 0.1) is 0 Å². The molecule has 0 saturated heterocycles. The van der Waals surface area contributed by atoms with Gasteiger partial charge in [-0.2, -0.15) is 0 Å². The van der Waals surface area contributed by atoms with Crippen molar-refractivity contribution in [1.82, 2.24) is 4.98 Å². The summed E-state index contributed by atoms with van der Waals surface area (Å²) in [7, 11) is -0.963. The molecule has 3 rings (SSSR count). The van der Waals surface area contributed by atoms with Gasteiger partial charge in [0.05, 0.1) is 24.8 Å². The van der Waals surface area contributed by atoms with E-state index in [0.29, 0.717) is 22.9 Å². The predicted molar refractivity (Wildman–Crippen MR) is 121 cm³/mol. The first-order valence-electron chi connectivity index (χ1n) is 9.11. The molecular formula is C20H20N4O6S2. The van der Waals surface area contributed by atoms with Crippen LogP contribution in [-0.2, 0) is 14.8 Å². The Morgan fingerprint density at radius 1 is 1.00 bits per heavy atom. The number of aromatic nitrogens is 1. The van der Waals surface area contributed by atoms with E-state index in [0.717, 1.165) is 11.3 Å². The quantitative estimate of drug-likeness (QED) is 0.454. The Bertz CT molecular complexity index is 1240. The second kappa shape index (κ2) is 9.66. The fourth-order valence-electron chi connectivity index (χ4n) is 2.63. The molecule has 12 heteroatoms. The minimum Gasteiger partial charge on any atom is -0.497 e. The Labute approximate surface area is 188 Å². The highest BCUT2D eigenvalue weighted by Crippen LogP contribution is 2.29.